The van der Waals surface area contributed by atoms with Crippen LogP contribution in [0.1, 0.15) is 103 Å². The molecule has 138 valence electrons. The van der Waals surface area contributed by atoms with Crippen LogP contribution in [0.3, 0.4) is 0 Å². The molecule has 0 heterocycles. The van der Waals surface area contributed by atoms with E-state index in [0.717, 1.165) is 6.42 Å². The van der Waals surface area contributed by atoms with E-state index in [9.17, 15) is 8.42 Å². The van der Waals surface area contributed by atoms with Crippen molar-refractivity contribution in [2.24, 2.45) is 0 Å². The van der Waals surface area contributed by atoms with E-state index in [-0.39, 0.29) is 5.75 Å². The molecule has 0 aromatic heterocycles. The van der Waals surface area contributed by atoms with Crippen molar-refractivity contribution in [2.45, 2.75) is 103 Å². The van der Waals surface area contributed by atoms with Crippen LogP contribution in [-0.2, 0) is 10.1 Å². The number of hydrogen-bond donors (Lipinski definition) is 1. The van der Waals surface area contributed by atoms with Gasteiger partial charge in [0, 0.05) is 0 Å². The van der Waals surface area contributed by atoms with E-state index in [1.807, 2.05) is 12.2 Å². The highest BCUT2D eigenvalue weighted by Crippen LogP contribution is 2.13. The first kappa shape index (κ1) is 22.6. The van der Waals surface area contributed by atoms with Gasteiger partial charge in [0.2, 0.25) is 0 Å². The summed E-state index contributed by atoms with van der Waals surface area (Å²) in [7, 11) is -3.80. The molecule has 0 rings (SSSR count). The second kappa shape index (κ2) is 16.5. The predicted octanol–water partition coefficient (Wildman–Crippen LogP) is 6.30. The van der Waals surface area contributed by atoms with Crippen LogP contribution in [-0.4, -0.2) is 18.7 Å². The van der Waals surface area contributed by atoms with E-state index in [1.54, 1.807) is 0 Å². The first-order chi connectivity index (χ1) is 11.1. The Labute approximate surface area is 144 Å². The van der Waals surface area contributed by atoms with Crippen LogP contribution in [0.15, 0.2) is 12.2 Å². The SMILES string of the molecule is CCCCCCCCCCCCCCCC=CCCS(=O)(=O)O. The van der Waals surface area contributed by atoms with Gasteiger partial charge in [-0.25, -0.2) is 0 Å². The average molecular weight is 347 g/mol. The van der Waals surface area contributed by atoms with Gasteiger partial charge >= 0.3 is 0 Å². The molecule has 0 unspecified atom stereocenters. The van der Waals surface area contributed by atoms with Gasteiger partial charge in [-0.3, -0.25) is 4.55 Å². The maximum absolute atomic E-state index is 10.5. The van der Waals surface area contributed by atoms with Gasteiger partial charge in [0.1, 0.15) is 0 Å². The topological polar surface area (TPSA) is 54.4 Å². The molecule has 0 fully saturated rings. The summed E-state index contributed by atoms with van der Waals surface area (Å²) in [4.78, 5) is 0. The maximum Gasteiger partial charge on any atom is 0.265 e. The van der Waals surface area contributed by atoms with E-state index < -0.39 is 10.1 Å². The zero-order valence-electron chi connectivity index (χ0n) is 15.1. The summed E-state index contributed by atoms with van der Waals surface area (Å²) in [6, 6.07) is 0. The fourth-order valence-corrected chi connectivity index (χ4v) is 3.17. The molecular weight excluding hydrogens is 308 g/mol. The Morgan fingerprint density at radius 1 is 0.652 bits per heavy atom. The molecule has 4 heteroatoms. The van der Waals surface area contributed by atoms with Crippen LogP contribution in [0.4, 0.5) is 0 Å². The highest BCUT2D eigenvalue weighted by Gasteiger charge is 2.00. The van der Waals surface area contributed by atoms with Crippen LogP contribution in [0.5, 0.6) is 0 Å². The molecule has 0 spiro atoms. The quantitative estimate of drug-likeness (QED) is 0.191. The fraction of sp³-hybridized carbons (Fsp3) is 0.895. The third-order valence-electron chi connectivity index (χ3n) is 4.18. The van der Waals surface area contributed by atoms with Crippen molar-refractivity contribution in [3.63, 3.8) is 0 Å². The zero-order chi connectivity index (χ0) is 17.2. The van der Waals surface area contributed by atoms with E-state index in [1.165, 1.54) is 83.5 Å². The molecule has 0 amide bonds. The van der Waals surface area contributed by atoms with Gasteiger partial charge in [0.15, 0.2) is 0 Å². The molecule has 0 radical (unpaired) electrons. The molecule has 0 aromatic rings. The molecule has 1 N–H and O–H groups in total. The summed E-state index contributed by atoms with van der Waals surface area (Å²) < 4.78 is 29.6. The lowest BCUT2D eigenvalue weighted by Crippen LogP contribution is -2.01. The van der Waals surface area contributed by atoms with Crippen molar-refractivity contribution in [3.05, 3.63) is 12.2 Å². The monoisotopic (exact) mass is 346 g/mol. The van der Waals surface area contributed by atoms with Gasteiger partial charge in [0.05, 0.1) is 5.75 Å². The Morgan fingerprint density at radius 2 is 1.04 bits per heavy atom. The average Bonchev–Trinajstić information content (AvgIpc) is 2.49. The molecular formula is C19H38O3S. The standard InChI is InChI=1S/C19H38O3S/c1-2-3-4-5-6-7-8-9-10-11-12-13-14-15-16-17-18-19-23(20,21)22/h16-17H,2-15,18-19H2,1H3,(H,20,21,22). The minimum absolute atomic E-state index is 0.165. The molecule has 0 aliphatic heterocycles. The molecule has 0 atom stereocenters. The van der Waals surface area contributed by atoms with Gasteiger partial charge in [0.25, 0.3) is 10.1 Å². The van der Waals surface area contributed by atoms with Crippen LogP contribution in [0.2, 0.25) is 0 Å². The number of rotatable bonds is 17. The van der Waals surface area contributed by atoms with Crippen molar-refractivity contribution in [1.29, 1.82) is 0 Å². The first-order valence-corrected chi connectivity index (χ1v) is 11.3. The second-order valence-electron chi connectivity index (χ2n) is 6.58. The van der Waals surface area contributed by atoms with Crippen molar-refractivity contribution in [2.75, 3.05) is 5.75 Å². The third-order valence-corrected chi connectivity index (χ3v) is 4.94. The van der Waals surface area contributed by atoms with Crippen LogP contribution in [0.25, 0.3) is 0 Å². The summed E-state index contributed by atoms with van der Waals surface area (Å²) in [5.41, 5.74) is 0. The lowest BCUT2D eigenvalue weighted by atomic mass is 10.0. The second-order valence-corrected chi connectivity index (χ2v) is 8.15. The van der Waals surface area contributed by atoms with Crippen molar-refractivity contribution >= 4 is 10.1 Å². The molecule has 0 aliphatic rings. The minimum Gasteiger partial charge on any atom is -0.286 e. The van der Waals surface area contributed by atoms with Crippen LogP contribution < -0.4 is 0 Å². The van der Waals surface area contributed by atoms with Gasteiger partial charge in [-0.2, -0.15) is 8.42 Å². The Bertz CT molecular complexity index is 361. The van der Waals surface area contributed by atoms with Gasteiger partial charge in [-0.1, -0.05) is 96.1 Å². The smallest absolute Gasteiger partial charge is 0.265 e. The predicted molar refractivity (Wildman–Crippen MR) is 100 cm³/mol. The number of hydrogen-bond acceptors (Lipinski definition) is 2. The summed E-state index contributed by atoms with van der Waals surface area (Å²) in [5, 5.41) is 0. The van der Waals surface area contributed by atoms with Crippen molar-refractivity contribution in [3.8, 4) is 0 Å². The maximum atomic E-state index is 10.5. The van der Waals surface area contributed by atoms with Crippen molar-refractivity contribution < 1.29 is 13.0 Å². The van der Waals surface area contributed by atoms with Crippen LogP contribution in [0, 0.1) is 0 Å². The largest absolute Gasteiger partial charge is 0.286 e. The summed E-state index contributed by atoms with van der Waals surface area (Å²) in [6.45, 7) is 2.26. The minimum atomic E-state index is -3.80. The molecule has 23 heavy (non-hydrogen) atoms. The molecule has 0 saturated heterocycles. The first-order valence-electron chi connectivity index (χ1n) is 9.66. The fourth-order valence-electron chi connectivity index (χ4n) is 2.73. The highest BCUT2D eigenvalue weighted by molar-refractivity contribution is 7.85. The van der Waals surface area contributed by atoms with E-state index in [0.29, 0.717) is 6.42 Å². The van der Waals surface area contributed by atoms with Crippen molar-refractivity contribution in [1.82, 2.24) is 0 Å². The number of unbranched alkanes of at least 4 members (excludes halogenated alkanes) is 13. The van der Waals surface area contributed by atoms with Gasteiger partial charge in [-0.15, -0.1) is 0 Å². The normalized spacial score (nSPS) is 12.3. The molecule has 0 saturated carbocycles. The third kappa shape index (κ3) is 21.6. The molecule has 0 aromatic carbocycles. The van der Waals surface area contributed by atoms with E-state index >= 15 is 0 Å². The Kier molecular flexibility index (Phi) is 16.3. The summed E-state index contributed by atoms with van der Waals surface area (Å²) in [6.07, 6.45) is 23.0. The Balaban J connectivity index is 3.12. The summed E-state index contributed by atoms with van der Waals surface area (Å²) >= 11 is 0. The highest BCUT2D eigenvalue weighted by atomic mass is 32.2. The van der Waals surface area contributed by atoms with Crippen LogP contribution >= 0.6 is 0 Å². The van der Waals surface area contributed by atoms with Gasteiger partial charge < -0.3 is 0 Å². The Morgan fingerprint density at radius 3 is 1.48 bits per heavy atom. The van der Waals surface area contributed by atoms with Gasteiger partial charge in [-0.05, 0) is 19.3 Å². The molecule has 3 nitrogen and oxygen atoms in total. The van der Waals surface area contributed by atoms with E-state index in [2.05, 4.69) is 6.92 Å². The molecule has 0 aliphatic carbocycles. The Hall–Kier alpha value is -0.350. The molecule has 0 bridgehead atoms. The number of allylic oxidation sites excluding steroid dienone is 2. The summed E-state index contributed by atoms with van der Waals surface area (Å²) in [5.74, 6) is -0.165. The van der Waals surface area contributed by atoms with E-state index in [4.69, 9.17) is 4.55 Å². The zero-order valence-corrected chi connectivity index (χ0v) is 16.0. The lowest BCUT2D eigenvalue weighted by molar-refractivity contribution is 0.483. The lowest BCUT2D eigenvalue weighted by Gasteiger charge is -2.02.